The van der Waals surface area contributed by atoms with Crippen molar-refractivity contribution < 1.29 is 41.6 Å². The van der Waals surface area contributed by atoms with Crippen molar-refractivity contribution >= 4 is 21.6 Å². The first-order valence-electron chi connectivity index (χ1n) is 26.8. The van der Waals surface area contributed by atoms with Gasteiger partial charge in [0, 0.05) is 29.4 Å². The van der Waals surface area contributed by atoms with Crippen molar-refractivity contribution in [2.75, 3.05) is 5.32 Å². The minimum Gasteiger partial charge on any atom is -0.489 e. The van der Waals surface area contributed by atoms with Crippen LogP contribution in [-0.4, -0.2) is 14.3 Å². The van der Waals surface area contributed by atoms with Crippen LogP contribution in [0.1, 0.15) is 66.9 Å². The zero-order chi connectivity index (χ0) is 56.4. The van der Waals surface area contributed by atoms with Crippen molar-refractivity contribution in [2.45, 2.75) is 56.6 Å². The third kappa shape index (κ3) is 16.0. The van der Waals surface area contributed by atoms with E-state index in [1.54, 1.807) is 18.2 Å². The first-order chi connectivity index (χ1) is 40.1. The minimum absolute atomic E-state index is 0.0101. The molecule has 0 radical (unpaired) electrons. The average molecular weight is 1110 g/mol. The summed E-state index contributed by atoms with van der Waals surface area (Å²) in [6.45, 7) is 1.52. The number of amides is 1. The number of hydrogen-bond donors (Lipinski definition) is 3. The maximum absolute atomic E-state index is 14.4. The molecule has 10 rings (SSSR count). The van der Waals surface area contributed by atoms with E-state index in [0.717, 1.165) is 38.9 Å². The number of rotatable bonds is 26. The molecule has 0 fully saturated rings. The molecule has 0 aliphatic carbocycles. The predicted octanol–water partition coefficient (Wildman–Crippen LogP) is 14.1. The number of hydrogen-bond acceptors (Lipinski definition) is 10. The van der Waals surface area contributed by atoms with Gasteiger partial charge in [-0.05, 0) is 105 Å². The standard InChI is InChI=1S/C69H61N3O9S/c70-67(56-27-15-5-16-28-56)68(57-29-17-6-18-30-57)72-82(74,75)66-33-31-59(32-34-66)71-69(73)58-39-64(80-48-54-35-60(76-44-50-19-7-1-8-20-50)41-61(36-54)77-45-51-21-9-2-10-22-51)43-65(40-58)81-49-55-37-62(78-46-52-23-11-3-12-24-52)42-63(38-55)79-47-53-25-13-4-14-26-53/h1-43,67-68,72H,44-49,70H2,(H,71,73)/t67-,68-/m0/s1. The molecule has 82 heavy (non-hydrogen) atoms. The molecule has 0 unspecified atom stereocenters. The minimum atomic E-state index is -4.11. The Bertz CT molecular complexity index is 3470. The van der Waals surface area contributed by atoms with Crippen molar-refractivity contribution in [3.63, 3.8) is 0 Å². The fourth-order valence-corrected chi connectivity index (χ4v) is 10.2. The van der Waals surface area contributed by atoms with Crippen molar-refractivity contribution in [1.29, 1.82) is 0 Å². The van der Waals surface area contributed by atoms with Gasteiger partial charge in [0.2, 0.25) is 10.0 Å². The average Bonchev–Trinajstić information content (AvgIpc) is 3.54. The quantitative estimate of drug-likeness (QED) is 0.0477. The van der Waals surface area contributed by atoms with E-state index in [-0.39, 0.29) is 23.7 Å². The van der Waals surface area contributed by atoms with E-state index in [1.807, 2.05) is 218 Å². The highest BCUT2D eigenvalue weighted by molar-refractivity contribution is 7.89. The van der Waals surface area contributed by atoms with Crippen LogP contribution >= 0.6 is 0 Å². The number of anilines is 1. The molecule has 0 saturated carbocycles. The molecule has 12 nitrogen and oxygen atoms in total. The molecule has 2 atom stereocenters. The first kappa shape index (κ1) is 55.6. The van der Waals surface area contributed by atoms with Crippen LogP contribution in [0.3, 0.4) is 0 Å². The number of ether oxygens (including phenoxy) is 6. The summed E-state index contributed by atoms with van der Waals surface area (Å²) in [6, 6.07) is 78.9. The van der Waals surface area contributed by atoms with Gasteiger partial charge in [0.05, 0.1) is 17.0 Å². The van der Waals surface area contributed by atoms with Crippen molar-refractivity contribution in [3.05, 3.63) is 311 Å². The van der Waals surface area contributed by atoms with E-state index in [4.69, 9.17) is 34.2 Å². The number of nitrogens with two attached hydrogens (primary N) is 1. The Morgan fingerprint density at radius 1 is 0.366 bits per heavy atom. The molecular weight excluding hydrogens is 1050 g/mol. The molecule has 0 bridgehead atoms. The van der Waals surface area contributed by atoms with E-state index in [2.05, 4.69) is 10.0 Å². The number of benzene rings is 10. The van der Waals surface area contributed by atoms with E-state index in [1.165, 1.54) is 24.3 Å². The Balaban J connectivity index is 0.906. The fourth-order valence-electron chi connectivity index (χ4n) is 8.96. The molecule has 10 aromatic rings. The van der Waals surface area contributed by atoms with Crippen LogP contribution in [0.25, 0.3) is 0 Å². The second-order valence-electron chi connectivity index (χ2n) is 19.4. The van der Waals surface area contributed by atoms with Crippen molar-refractivity contribution in [3.8, 4) is 34.5 Å². The summed E-state index contributed by atoms with van der Waals surface area (Å²) >= 11 is 0. The van der Waals surface area contributed by atoms with Gasteiger partial charge >= 0.3 is 0 Å². The van der Waals surface area contributed by atoms with Crippen molar-refractivity contribution in [1.82, 2.24) is 4.72 Å². The molecule has 4 N–H and O–H groups in total. The van der Waals surface area contributed by atoms with Crippen LogP contribution in [0.4, 0.5) is 5.69 Å². The highest BCUT2D eigenvalue weighted by Gasteiger charge is 2.28. The normalized spacial score (nSPS) is 11.9. The zero-order valence-electron chi connectivity index (χ0n) is 44.9. The Hall–Kier alpha value is -9.66. The lowest BCUT2D eigenvalue weighted by molar-refractivity contribution is 0.102. The second-order valence-corrected chi connectivity index (χ2v) is 21.1. The Kier molecular flexibility index (Phi) is 18.6. The molecule has 0 spiro atoms. The van der Waals surface area contributed by atoms with E-state index in [9.17, 15) is 13.2 Å². The number of nitrogens with one attached hydrogen (secondary N) is 2. The highest BCUT2D eigenvalue weighted by atomic mass is 32.2. The highest BCUT2D eigenvalue weighted by Crippen LogP contribution is 2.32. The summed E-state index contributed by atoms with van der Waals surface area (Å²) in [6.07, 6.45) is 0. The van der Waals surface area contributed by atoms with Gasteiger partial charge < -0.3 is 39.5 Å². The van der Waals surface area contributed by atoms with Crippen molar-refractivity contribution in [2.24, 2.45) is 5.73 Å². The molecule has 1 amide bonds. The maximum atomic E-state index is 14.4. The summed E-state index contributed by atoms with van der Waals surface area (Å²) in [5, 5.41) is 2.93. The van der Waals surface area contributed by atoms with Crippen LogP contribution < -0.4 is 44.2 Å². The zero-order valence-corrected chi connectivity index (χ0v) is 45.7. The van der Waals surface area contributed by atoms with Gasteiger partial charge in [0.1, 0.15) is 74.1 Å². The van der Waals surface area contributed by atoms with Gasteiger partial charge in [-0.25, -0.2) is 13.1 Å². The van der Waals surface area contributed by atoms with Crippen LogP contribution in [0.2, 0.25) is 0 Å². The molecule has 0 aliphatic rings. The largest absolute Gasteiger partial charge is 0.489 e. The van der Waals surface area contributed by atoms with Crippen LogP contribution in [0, 0.1) is 0 Å². The van der Waals surface area contributed by atoms with E-state index < -0.39 is 28.0 Å². The molecule has 0 aliphatic heterocycles. The second kappa shape index (κ2) is 27.5. The lowest BCUT2D eigenvalue weighted by Crippen LogP contribution is -2.36. The van der Waals surface area contributed by atoms with Gasteiger partial charge in [-0.15, -0.1) is 0 Å². The Labute approximate surface area is 478 Å². The third-order valence-corrected chi connectivity index (χ3v) is 14.7. The molecule has 10 aromatic carbocycles. The number of carbonyl (C=O) groups is 1. The molecule has 13 heteroatoms. The summed E-state index contributed by atoms with van der Waals surface area (Å²) in [4.78, 5) is 14.4. The van der Waals surface area contributed by atoms with Gasteiger partial charge in [-0.2, -0.15) is 0 Å². The van der Waals surface area contributed by atoms with Gasteiger partial charge in [-0.3, -0.25) is 4.79 Å². The summed E-state index contributed by atoms with van der Waals surface area (Å²) in [5.74, 6) is 2.55. The predicted molar refractivity (Wildman–Crippen MR) is 318 cm³/mol. The maximum Gasteiger partial charge on any atom is 0.255 e. The Morgan fingerprint density at radius 3 is 1.02 bits per heavy atom. The number of carbonyl (C=O) groups excluding carboxylic acids is 1. The van der Waals surface area contributed by atoms with Crippen LogP contribution in [-0.2, 0) is 49.7 Å². The first-order valence-corrected chi connectivity index (χ1v) is 28.3. The molecule has 0 saturated heterocycles. The lowest BCUT2D eigenvalue weighted by atomic mass is 9.95. The molecule has 0 aromatic heterocycles. The van der Waals surface area contributed by atoms with Crippen LogP contribution in [0.5, 0.6) is 34.5 Å². The topological polar surface area (TPSA) is 157 Å². The summed E-state index contributed by atoms with van der Waals surface area (Å²) in [7, 11) is -4.11. The van der Waals surface area contributed by atoms with E-state index in [0.29, 0.717) is 72.2 Å². The van der Waals surface area contributed by atoms with Gasteiger partial charge in [-0.1, -0.05) is 182 Å². The van der Waals surface area contributed by atoms with Crippen LogP contribution in [0.15, 0.2) is 266 Å². The molecule has 412 valence electrons. The lowest BCUT2D eigenvalue weighted by Gasteiger charge is -2.26. The monoisotopic (exact) mass is 1110 g/mol. The summed E-state index contributed by atoms with van der Waals surface area (Å²) < 4.78 is 69.1. The third-order valence-electron chi connectivity index (χ3n) is 13.2. The molecular formula is C69H61N3O9S. The van der Waals surface area contributed by atoms with E-state index >= 15 is 0 Å². The summed E-state index contributed by atoms with van der Waals surface area (Å²) in [5.41, 5.74) is 14.3. The van der Waals surface area contributed by atoms with Gasteiger partial charge in [0.15, 0.2) is 0 Å². The Morgan fingerprint density at radius 2 is 0.671 bits per heavy atom. The number of sulfonamides is 1. The SMILES string of the molecule is N[C@@H](c1ccccc1)[C@@H](NS(=O)(=O)c1ccc(NC(=O)c2cc(OCc3cc(OCc4ccccc4)cc(OCc4ccccc4)c3)cc(OCc3cc(OCc4ccccc4)cc(OCc4ccccc4)c3)c2)cc1)c1ccccc1. The molecule has 0 heterocycles. The van der Waals surface area contributed by atoms with Gasteiger partial charge in [0.25, 0.3) is 5.91 Å². The smallest absolute Gasteiger partial charge is 0.255 e. The fraction of sp³-hybridized carbons (Fsp3) is 0.116.